The highest BCUT2D eigenvalue weighted by molar-refractivity contribution is 6.17. The zero-order chi connectivity index (χ0) is 52.5. The summed E-state index contributed by atoms with van der Waals surface area (Å²) in [5.74, 6) is 0.551. The fourth-order valence-electron chi connectivity index (χ4n) is 11.1. The highest BCUT2D eigenvalue weighted by Gasteiger charge is 2.30. The summed E-state index contributed by atoms with van der Waals surface area (Å²) in [7, 11) is 0. The van der Waals surface area contributed by atoms with E-state index in [-0.39, 0.29) is 21.7 Å². The maximum Gasteiger partial charge on any atom is 0.164 e. The van der Waals surface area contributed by atoms with Crippen LogP contribution < -0.4 is 0 Å². The van der Waals surface area contributed by atoms with Gasteiger partial charge in [0.15, 0.2) is 11.4 Å². The molecule has 4 aromatic heterocycles. The monoisotopic (exact) mass is 978 g/mol. The van der Waals surface area contributed by atoms with Crippen molar-refractivity contribution in [3.63, 3.8) is 0 Å². The summed E-state index contributed by atoms with van der Waals surface area (Å²) in [5, 5.41) is 18.4. The molecule has 0 saturated heterocycles. The number of hydrogen-bond acceptors (Lipinski definition) is 4. The van der Waals surface area contributed by atoms with Crippen LogP contribution in [-0.2, 0) is 21.7 Å². The molecule has 0 fully saturated rings. The van der Waals surface area contributed by atoms with Crippen LogP contribution >= 0.6 is 0 Å². The topological polar surface area (TPSA) is 72.6 Å². The molecule has 75 heavy (non-hydrogen) atoms. The SMILES string of the molecule is CC(C)(C)c1ccc2c(c1)c1cc(C(C)(C)C)ccc1n2-c1cc2c(oc3c(-c4nc(-c5ccccc5)cc(-c5ccccc5)n4)cccc32)c(-n2c3ccc(C(C)(C)C)cc3c3cc(C(C)(C)C)ccc32)c1C#N. The Balaban J connectivity index is 1.25. The van der Waals surface area contributed by atoms with Crippen molar-refractivity contribution in [2.45, 2.75) is 105 Å². The molecule has 0 aliphatic rings. The number of para-hydroxylation sites is 1. The molecule has 0 radical (unpaired) electrons. The van der Waals surface area contributed by atoms with Crippen molar-refractivity contribution in [2.24, 2.45) is 0 Å². The highest BCUT2D eigenvalue weighted by Crippen LogP contribution is 2.47. The maximum absolute atomic E-state index is 12.1. The molecule has 370 valence electrons. The van der Waals surface area contributed by atoms with E-state index < -0.39 is 0 Å². The Kier molecular flexibility index (Phi) is 10.7. The van der Waals surface area contributed by atoms with Gasteiger partial charge in [-0.15, -0.1) is 0 Å². The van der Waals surface area contributed by atoms with Crippen LogP contribution in [-0.4, -0.2) is 19.1 Å². The van der Waals surface area contributed by atoms with Gasteiger partial charge in [0.05, 0.1) is 44.7 Å². The second kappa shape index (κ2) is 16.9. The van der Waals surface area contributed by atoms with Crippen LogP contribution in [0.1, 0.15) is 111 Å². The van der Waals surface area contributed by atoms with E-state index in [0.717, 1.165) is 88.1 Å². The van der Waals surface area contributed by atoms with Gasteiger partial charge in [0.1, 0.15) is 22.9 Å². The first kappa shape index (κ1) is 47.7. The van der Waals surface area contributed by atoms with Gasteiger partial charge >= 0.3 is 0 Å². The van der Waals surface area contributed by atoms with E-state index in [9.17, 15) is 5.26 Å². The minimum absolute atomic E-state index is 0.0794. The number of fused-ring (bicyclic) bond motifs is 9. The van der Waals surface area contributed by atoms with E-state index in [0.29, 0.717) is 28.2 Å². The lowest BCUT2D eigenvalue weighted by atomic mass is 9.85. The van der Waals surface area contributed by atoms with Crippen molar-refractivity contribution in [3.05, 3.63) is 192 Å². The van der Waals surface area contributed by atoms with Gasteiger partial charge in [-0.3, -0.25) is 0 Å². The average molecular weight is 978 g/mol. The standard InChI is InChI=1S/C69H63N5O/c1-66(2,3)43-26-30-57-49(34-43)50-35-44(67(4,5)6)27-31-58(50)73(57)61-38-53-47-24-19-25-48(65-71-55(41-20-15-13-16-21-41)39-56(72-65)42-22-17-14-18-23-42)63(47)75-64(53)62(54(61)40-70)74-59-32-28-45(68(7,8)9)36-51(59)52-37-46(69(10,11)12)29-33-60(52)74/h13-39H,1-12H3. The van der Waals surface area contributed by atoms with Gasteiger partial charge in [-0.2, -0.15) is 5.26 Å². The molecule has 0 amide bonds. The molecule has 0 unspecified atom stereocenters. The van der Waals surface area contributed by atoms with E-state index in [1.807, 2.05) is 36.4 Å². The molecule has 0 aliphatic heterocycles. The molecule has 8 aromatic carbocycles. The molecule has 0 aliphatic carbocycles. The molecule has 12 aromatic rings. The van der Waals surface area contributed by atoms with Crippen molar-refractivity contribution in [1.82, 2.24) is 19.1 Å². The molecule has 12 rings (SSSR count). The van der Waals surface area contributed by atoms with Gasteiger partial charge in [0.25, 0.3) is 0 Å². The van der Waals surface area contributed by atoms with E-state index in [1.54, 1.807) is 0 Å². The molecule has 6 nitrogen and oxygen atoms in total. The van der Waals surface area contributed by atoms with Crippen LogP contribution in [0.15, 0.2) is 168 Å². The van der Waals surface area contributed by atoms with Crippen LogP contribution in [0.5, 0.6) is 0 Å². The van der Waals surface area contributed by atoms with E-state index in [4.69, 9.17) is 14.4 Å². The third-order valence-electron chi connectivity index (χ3n) is 15.4. The zero-order valence-electron chi connectivity index (χ0n) is 45.2. The van der Waals surface area contributed by atoms with Crippen LogP contribution in [0.3, 0.4) is 0 Å². The Morgan fingerprint density at radius 2 is 0.813 bits per heavy atom. The summed E-state index contributed by atoms with van der Waals surface area (Å²) in [6.07, 6.45) is 0. The molecular formula is C69H63N5O. The Bertz CT molecular complexity index is 4120. The van der Waals surface area contributed by atoms with Crippen molar-refractivity contribution in [3.8, 4) is 51.3 Å². The minimum Gasteiger partial charge on any atom is -0.453 e. The van der Waals surface area contributed by atoms with E-state index in [1.165, 1.54) is 22.3 Å². The molecule has 0 saturated carbocycles. The third-order valence-corrected chi connectivity index (χ3v) is 15.4. The summed E-state index contributed by atoms with van der Waals surface area (Å²) in [5.41, 5.74) is 16.3. The Morgan fingerprint density at radius 1 is 0.400 bits per heavy atom. The second-order valence-electron chi connectivity index (χ2n) is 24.7. The normalized spacial score (nSPS) is 12.8. The van der Waals surface area contributed by atoms with Crippen LogP contribution in [0, 0.1) is 11.3 Å². The summed E-state index contributed by atoms with van der Waals surface area (Å²) in [6.45, 7) is 27.2. The summed E-state index contributed by atoms with van der Waals surface area (Å²) in [4.78, 5) is 10.6. The molecular weight excluding hydrogens is 915 g/mol. The number of nitrogens with zero attached hydrogens (tertiary/aromatic N) is 5. The summed E-state index contributed by atoms with van der Waals surface area (Å²) in [6, 6.07) is 61.4. The lowest BCUT2D eigenvalue weighted by Gasteiger charge is -2.20. The Morgan fingerprint density at radius 3 is 1.21 bits per heavy atom. The van der Waals surface area contributed by atoms with Gasteiger partial charge in [-0.1, -0.05) is 180 Å². The smallest absolute Gasteiger partial charge is 0.164 e. The average Bonchev–Trinajstić information content (AvgIpc) is 4.08. The van der Waals surface area contributed by atoms with Crippen LogP contribution in [0.4, 0.5) is 0 Å². The first-order valence-corrected chi connectivity index (χ1v) is 26.3. The minimum atomic E-state index is -0.0963. The summed E-state index contributed by atoms with van der Waals surface area (Å²) < 4.78 is 12.1. The predicted octanol–water partition coefficient (Wildman–Crippen LogP) is 18.6. The third kappa shape index (κ3) is 7.91. The van der Waals surface area contributed by atoms with Gasteiger partial charge < -0.3 is 13.6 Å². The first-order chi connectivity index (χ1) is 35.7. The van der Waals surface area contributed by atoms with Crippen molar-refractivity contribution in [1.29, 1.82) is 5.26 Å². The maximum atomic E-state index is 12.1. The fraction of sp³-hybridized carbons (Fsp3) is 0.232. The number of hydrogen-bond donors (Lipinski definition) is 0. The number of furan rings is 1. The number of nitriles is 1. The molecule has 0 atom stereocenters. The number of aromatic nitrogens is 4. The predicted molar refractivity (Wildman–Crippen MR) is 314 cm³/mol. The molecule has 6 heteroatoms. The first-order valence-electron chi connectivity index (χ1n) is 26.3. The van der Waals surface area contributed by atoms with Gasteiger partial charge in [0, 0.05) is 43.4 Å². The van der Waals surface area contributed by atoms with Crippen molar-refractivity contribution < 1.29 is 4.42 Å². The van der Waals surface area contributed by atoms with Crippen LogP contribution in [0.2, 0.25) is 0 Å². The van der Waals surface area contributed by atoms with Gasteiger partial charge in [-0.25, -0.2) is 9.97 Å². The molecule has 0 bridgehead atoms. The molecule has 0 spiro atoms. The molecule has 4 heterocycles. The lowest BCUT2D eigenvalue weighted by molar-refractivity contribution is 0.590. The quantitative estimate of drug-likeness (QED) is 0.172. The van der Waals surface area contributed by atoms with Gasteiger partial charge in [-0.05, 0) is 111 Å². The number of benzene rings is 8. The largest absolute Gasteiger partial charge is 0.453 e. The Hall–Kier alpha value is -8.27. The Labute approximate surface area is 439 Å². The second-order valence-corrected chi connectivity index (χ2v) is 24.7. The van der Waals surface area contributed by atoms with Crippen molar-refractivity contribution >= 4 is 65.6 Å². The van der Waals surface area contributed by atoms with Gasteiger partial charge in [0.2, 0.25) is 0 Å². The zero-order valence-corrected chi connectivity index (χ0v) is 45.2. The van der Waals surface area contributed by atoms with Crippen molar-refractivity contribution in [2.75, 3.05) is 0 Å². The van der Waals surface area contributed by atoms with E-state index in [2.05, 4.69) is 226 Å². The fourth-order valence-corrected chi connectivity index (χ4v) is 11.1. The number of rotatable bonds is 5. The van der Waals surface area contributed by atoms with E-state index >= 15 is 0 Å². The highest BCUT2D eigenvalue weighted by atomic mass is 16.3. The molecule has 0 N–H and O–H groups in total. The lowest BCUT2D eigenvalue weighted by Crippen LogP contribution is -2.10. The van der Waals surface area contributed by atoms with Crippen LogP contribution in [0.25, 0.3) is 111 Å². The summed E-state index contributed by atoms with van der Waals surface area (Å²) >= 11 is 0.